The van der Waals surface area contributed by atoms with Gasteiger partial charge in [0.15, 0.2) is 4.34 Å². The second-order valence-electron chi connectivity index (χ2n) is 4.09. The Kier molecular flexibility index (Phi) is 3.75. The Morgan fingerprint density at radius 3 is 2.90 bits per heavy atom. The minimum absolute atomic E-state index is 0.131. The Balaban J connectivity index is 2.00. The Morgan fingerprint density at radius 2 is 2.19 bits per heavy atom. The van der Waals surface area contributed by atoms with Crippen LogP contribution in [0.25, 0.3) is 11.0 Å². The van der Waals surface area contributed by atoms with E-state index >= 15 is 0 Å². The maximum absolute atomic E-state index is 11.6. The summed E-state index contributed by atoms with van der Waals surface area (Å²) in [5, 5.41) is 18.5. The highest BCUT2D eigenvalue weighted by atomic mass is 35.5. The third-order valence-corrected chi connectivity index (χ3v) is 4.91. The lowest BCUT2D eigenvalue weighted by atomic mass is 10.1. The SMILES string of the molecule is Nc1nnc(SCc2cc(=O)oc3cc(O)c(Cl)cc23)s1. The van der Waals surface area contributed by atoms with Crippen molar-refractivity contribution in [1.29, 1.82) is 0 Å². The number of benzene rings is 1. The molecule has 3 N–H and O–H groups in total. The summed E-state index contributed by atoms with van der Waals surface area (Å²) in [4.78, 5) is 11.6. The van der Waals surface area contributed by atoms with Crippen molar-refractivity contribution in [2.24, 2.45) is 0 Å². The Morgan fingerprint density at radius 1 is 1.38 bits per heavy atom. The number of phenolic OH excluding ortho intramolecular Hbond substituents is 1. The number of nitrogen functional groups attached to an aromatic ring is 1. The van der Waals surface area contributed by atoms with Gasteiger partial charge in [-0.05, 0) is 11.6 Å². The van der Waals surface area contributed by atoms with Crippen molar-refractivity contribution in [3.63, 3.8) is 0 Å². The third kappa shape index (κ3) is 2.97. The van der Waals surface area contributed by atoms with Gasteiger partial charge in [0, 0.05) is 23.3 Å². The molecule has 0 bridgehead atoms. The molecule has 9 heteroatoms. The first-order chi connectivity index (χ1) is 10.0. The summed E-state index contributed by atoms with van der Waals surface area (Å²) in [5.41, 5.74) is 6.06. The summed E-state index contributed by atoms with van der Waals surface area (Å²) >= 11 is 8.59. The predicted molar refractivity (Wildman–Crippen MR) is 83.0 cm³/mol. The van der Waals surface area contributed by atoms with Crippen molar-refractivity contribution >= 4 is 50.8 Å². The molecule has 21 heavy (non-hydrogen) atoms. The third-order valence-electron chi connectivity index (χ3n) is 2.67. The summed E-state index contributed by atoms with van der Waals surface area (Å²) in [6.45, 7) is 0. The molecule has 0 unspecified atom stereocenters. The van der Waals surface area contributed by atoms with E-state index in [0.29, 0.717) is 20.6 Å². The molecule has 0 aliphatic rings. The van der Waals surface area contributed by atoms with Crippen LogP contribution in [-0.2, 0) is 5.75 Å². The maximum atomic E-state index is 11.6. The summed E-state index contributed by atoms with van der Waals surface area (Å²) in [6.07, 6.45) is 0. The minimum atomic E-state index is -0.489. The lowest BCUT2D eigenvalue weighted by Crippen LogP contribution is -1.99. The fourth-order valence-electron chi connectivity index (χ4n) is 1.77. The van der Waals surface area contributed by atoms with Crippen molar-refractivity contribution in [2.75, 3.05) is 5.73 Å². The summed E-state index contributed by atoms with van der Waals surface area (Å²) in [6, 6.07) is 4.29. The molecule has 1 aromatic carbocycles. The molecule has 2 heterocycles. The number of anilines is 1. The van der Waals surface area contributed by atoms with Crippen molar-refractivity contribution in [3.8, 4) is 5.75 Å². The number of aromatic hydroxyl groups is 1. The van der Waals surface area contributed by atoms with Crippen molar-refractivity contribution in [2.45, 2.75) is 10.1 Å². The van der Waals surface area contributed by atoms with Gasteiger partial charge in [0.25, 0.3) is 0 Å². The molecule has 108 valence electrons. The zero-order valence-corrected chi connectivity index (χ0v) is 12.8. The number of halogens is 1. The topological polar surface area (TPSA) is 102 Å². The number of fused-ring (bicyclic) bond motifs is 1. The highest BCUT2D eigenvalue weighted by molar-refractivity contribution is 8.00. The number of phenols is 1. The van der Waals surface area contributed by atoms with Gasteiger partial charge in [-0.1, -0.05) is 34.7 Å². The molecular formula is C12H8ClN3O3S2. The summed E-state index contributed by atoms with van der Waals surface area (Å²) in [7, 11) is 0. The monoisotopic (exact) mass is 341 g/mol. The van der Waals surface area contributed by atoms with Gasteiger partial charge in [0.05, 0.1) is 5.02 Å². The van der Waals surface area contributed by atoms with Crippen LogP contribution >= 0.6 is 34.7 Å². The van der Waals surface area contributed by atoms with E-state index in [-0.39, 0.29) is 16.4 Å². The highest BCUT2D eigenvalue weighted by Gasteiger charge is 2.11. The van der Waals surface area contributed by atoms with Crippen molar-refractivity contribution in [3.05, 3.63) is 39.2 Å². The van der Waals surface area contributed by atoms with Crippen molar-refractivity contribution in [1.82, 2.24) is 10.2 Å². The van der Waals surface area contributed by atoms with E-state index < -0.39 is 5.63 Å². The van der Waals surface area contributed by atoms with Gasteiger partial charge < -0.3 is 15.3 Å². The van der Waals surface area contributed by atoms with Gasteiger partial charge in [0.2, 0.25) is 5.13 Å². The van der Waals surface area contributed by atoms with E-state index in [9.17, 15) is 9.90 Å². The van der Waals surface area contributed by atoms with E-state index in [4.69, 9.17) is 21.8 Å². The van der Waals surface area contributed by atoms with E-state index in [1.807, 2.05) is 0 Å². The van der Waals surface area contributed by atoms with E-state index in [0.717, 1.165) is 5.56 Å². The second kappa shape index (κ2) is 5.55. The van der Waals surface area contributed by atoms with Crippen LogP contribution in [0.4, 0.5) is 5.13 Å². The van der Waals surface area contributed by atoms with Gasteiger partial charge in [-0.2, -0.15) is 0 Å². The van der Waals surface area contributed by atoms with Crippen LogP contribution in [0.5, 0.6) is 5.75 Å². The molecule has 3 rings (SSSR count). The smallest absolute Gasteiger partial charge is 0.336 e. The lowest BCUT2D eigenvalue weighted by Gasteiger charge is -2.05. The number of aromatic nitrogens is 2. The molecule has 0 saturated carbocycles. The number of nitrogens with zero attached hydrogens (tertiary/aromatic N) is 2. The van der Waals surface area contributed by atoms with Crippen LogP contribution in [0.2, 0.25) is 5.02 Å². The first-order valence-corrected chi connectivity index (χ1v) is 7.88. The van der Waals surface area contributed by atoms with E-state index in [2.05, 4.69) is 10.2 Å². The van der Waals surface area contributed by atoms with E-state index in [1.54, 1.807) is 6.07 Å². The minimum Gasteiger partial charge on any atom is -0.506 e. The highest BCUT2D eigenvalue weighted by Crippen LogP contribution is 2.33. The lowest BCUT2D eigenvalue weighted by molar-refractivity contribution is 0.473. The fraction of sp³-hybridized carbons (Fsp3) is 0.0833. The van der Waals surface area contributed by atoms with E-state index in [1.165, 1.54) is 35.2 Å². The number of thioether (sulfide) groups is 1. The summed E-state index contributed by atoms with van der Waals surface area (Å²) in [5.74, 6) is 0.353. The van der Waals surface area contributed by atoms with Gasteiger partial charge in [-0.15, -0.1) is 10.2 Å². The molecule has 3 aromatic rings. The fourth-order valence-corrected chi connectivity index (χ4v) is 3.56. The number of nitrogens with two attached hydrogens (primary N) is 1. The maximum Gasteiger partial charge on any atom is 0.336 e. The molecular weight excluding hydrogens is 334 g/mol. The molecule has 0 atom stereocenters. The van der Waals surface area contributed by atoms with Gasteiger partial charge in [-0.3, -0.25) is 0 Å². The van der Waals surface area contributed by atoms with Gasteiger partial charge in [-0.25, -0.2) is 4.79 Å². The first kappa shape index (κ1) is 14.2. The standard InChI is InChI=1S/C12H8ClN3O3S2/c13-7-2-6-5(4-20-12-16-15-11(14)21-12)1-10(18)19-9(6)3-8(7)17/h1-3,17H,4H2,(H2,14,15). The van der Waals surface area contributed by atoms with Crippen LogP contribution in [0.3, 0.4) is 0 Å². The van der Waals surface area contributed by atoms with Crippen LogP contribution in [0, 0.1) is 0 Å². The molecule has 0 saturated heterocycles. The Bertz CT molecular complexity index is 878. The molecule has 0 aliphatic carbocycles. The molecule has 0 fully saturated rings. The Labute approximate surface area is 131 Å². The normalized spacial score (nSPS) is 11.1. The van der Waals surface area contributed by atoms with Crippen LogP contribution < -0.4 is 11.4 Å². The molecule has 0 spiro atoms. The zero-order chi connectivity index (χ0) is 15.0. The average Bonchev–Trinajstić information content (AvgIpc) is 2.84. The zero-order valence-electron chi connectivity index (χ0n) is 10.4. The number of hydrogen-bond donors (Lipinski definition) is 2. The molecule has 2 aromatic heterocycles. The number of hydrogen-bond acceptors (Lipinski definition) is 8. The van der Waals surface area contributed by atoms with Crippen LogP contribution in [-0.4, -0.2) is 15.3 Å². The Hall–Kier alpha value is -1.77. The predicted octanol–water partition coefficient (Wildman–Crippen LogP) is 2.88. The van der Waals surface area contributed by atoms with Crippen molar-refractivity contribution < 1.29 is 9.52 Å². The van der Waals surface area contributed by atoms with Gasteiger partial charge in [0.1, 0.15) is 11.3 Å². The second-order valence-corrected chi connectivity index (χ2v) is 6.72. The first-order valence-electron chi connectivity index (χ1n) is 5.70. The largest absolute Gasteiger partial charge is 0.506 e. The van der Waals surface area contributed by atoms with Crippen LogP contribution in [0.1, 0.15) is 5.56 Å². The van der Waals surface area contributed by atoms with Crippen LogP contribution in [0.15, 0.2) is 31.8 Å². The summed E-state index contributed by atoms with van der Waals surface area (Å²) < 4.78 is 5.77. The van der Waals surface area contributed by atoms with Gasteiger partial charge >= 0.3 is 5.63 Å². The quantitative estimate of drug-likeness (QED) is 0.557. The molecule has 0 aliphatic heterocycles. The molecule has 6 nitrogen and oxygen atoms in total. The molecule has 0 amide bonds. The average molecular weight is 342 g/mol. The number of rotatable bonds is 3. The molecule has 0 radical (unpaired) electrons.